The summed E-state index contributed by atoms with van der Waals surface area (Å²) >= 11 is 0. The molecule has 3 saturated heterocycles. The summed E-state index contributed by atoms with van der Waals surface area (Å²) in [6, 6.07) is 0.307. The van der Waals surface area contributed by atoms with Gasteiger partial charge in [-0.25, -0.2) is 0 Å². The highest BCUT2D eigenvalue weighted by atomic mass is 16.2. The maximum atomic E-state index is 11.4. The van der Waals surface area contributed by atoms with Gasteiger partial charge in [0.15, 0.2) is 0 Å². The van der Waals surface area contributed by atoms with Crippen molar-refractivity contribution in [1.82, 2.24) is 9.80 Å². The lowest BCUT2D eigenvalue weighted by Crippen LogP contribution is -2.55. The molecule has 2 bridgehead atoms. The highest BCUT2D eigenvalue weighted by Gasteiger charge is 2.52. The lowest BCUT2D eigenvalue weighted by molar-refractivity contribution is -0.145. The van der Waals surface area contributed by atoms with Gasteiger partial charge in [-0.15, -0.1) is 0 Å². The molecule has 0 radical (unpaired) electrons. The summed E-state index contributed by atoms with van der Waals surface area (Å²) in [6.45, 7) is 4.17. The van der Waals surface area contributed by atoms with E-state index in [2.05, 4.69) is 0 Å². The van der Waals surface area contributed by atoms with Crippen LogP contribution < -0.4 is 0 Å². The SMILES string of the molecule is CCC(=O)N1C2CC1N(C(C)=O)C2. The molecule has 0 aliphatic carbocycles. The van der Waals surface area contributed by atoms with Gasteiger partial charge in [-0.05, 0) is 0 Å². The topological polar surface area (TPSA) is 40.6 Å². The summed E-state index contributed by atoms with van der Waals surface area (Å²) in [6.07, 6.45) is 1.60. The Labute approximate surface area is 77.5 Å². The van der Waals surface area contributed by atoms with Gasteiger partial charge in [0, 0.05) is 26.3 Å². The number of nitrogens with zero attached hydrogens (tertiary/aromatic N) is 2. The van der Waals surface area contributed by atoms with Gasteiger partial charge < -0.3 is 9.80 Å². The van der Waals surface area contributed by atoms with Crippen molar-refractivity contribution in [2.75, 3.05) is 6.54 Å². The zero-order valence-electron chi connectivity index (χ0n) is 7.99. The average molecular weight is 182 g/mol. The van der Waals surface area contributed by atoms with E-state index >= 15 is 0 Å². The smallest absolute Gasteiger partial charge is 0.224 e. The molecule has 0 spiro atoms. The third-order valence-electron chi connectivity index (χ3n) is 2.96. The van der Waals surface area contributed by atoms with Crippen LogP contribution in [0.4, 0.5) is 0 Å². The van der Waals surface area contributed by atoms with Crippen LogP contribution in [0.25, 0.3) is 0 Å². The van der Waals surface area contributed by atoms with Gasteiger partial charge in [-0.1, -0.05) is 6.92 Å². The largest absolute Gasteiger partial charge is 0.320 e. The molecule has 0 aromatic rings. The van der Waals surface area contributed by atoms with Crippen molar-refractivity contribution in [3.8, 4) is 0 Å². The Morgan fingerprint density at radius 2 is 2.15 bits per heavy atom. The molecule has 4 heteroatoms. The molecule has 3 rings (SSSR count). The Morgan fingerprint density at radius 3 is 2.62 bits per heavy atom. The fraction of sp³-hybridized carbons (Fsp3) is 0.778. The third kappa shape index (κ3) is 1.04. The Balaban J connectivity index is 2.07. The monoisotopic (exact) mass is 182 g/mol. The van der Waals surface area contributed by atoms with E-state index in [0.29, 0.717) is 12.5 Å². The van der Waals surface area contributed by atoms with Gasteiger partial charge in [0.1, 0.15) is 6.17 Å². The molecule has 2 amide bonds. The van der Waals surface area contributed by atoms with Crippen molar-refractivity contribution >= 4 is 11.8 Å². The molecular formula is C9H14N2O2. The summed E-state index contributed by atoms with van der Waals surface area (Å²) < 4.78 is 0. The predicted molar refractivity (Wildman–Crippen MR) is 46.7 cm³/mol. The molecule has 13 heavy (non-hydrogen) atoms. The van der Waals surface area contributed by atoms with Crippen molar-refractivity contribution < 1.29 is 9.59 Å². The normalized spacial score (nSPS) is 30.3. The standard InChI is InChI=1S/C9H14N2O2/c1-3-9(13)11-7-4-8(11)10(5-7)6(2)12/h7-8H,3-5H2,1-2H3. The summed E-state index contributed by atoms with van der Waals surface area (Å²) in [4.78, 5) is 26.2. The summed E-state index contributed by atoms with van der Waals surface area (Å²) in [5.41, 5.74) is 0. The van der Waals surface area contributed by atoms with Crippen molar-refractivity contribution in [2.24, 2.45) is 0 Å². The molecule has 2 unspecified atom stereocenters. The molecule has 0 N–H and O–H groups in total. The molecule has 0 aromatic heterocycles. The summed E-state index contributed by atoms with van der Waals surface area (Å²) in [5, 5.41) is 0. The molecule has 72 valence electrons. The Hall–Kier alpha value is -1.06. The van der Waals surface area contributed by atoms with Crippen molar-refractivity contribution in [3.63, 3.8) is 0 Å². The first kappa shape index (κ1) is 8.53. The quantitative estimate of drug-likeness (QED) is 0.580. The first-order valence-corrected chi connectivity index (χ1v) is 4.73. The van der Waals surface area contributed by atoms with Crippen molar-refractivity contribution in [2.45, 2.75) is 38.9 Å². The van der Waals surface area contributed by atoms with Gasteiger partial charge in [-0.2, -0.15) is 0 Å². The first-order chi connectivity index (χ1) is 6.15. The number of fused-ring (bicyclic) bond motifs is 1. The van der Waals surface area contributed by atoms with Crippen LogP contribution >= 0.6 is 0 Å². The minimum atomic E-state index is 0.0787. The van der Waals surface area contributed by atoms with E-state index in [1.807, 2.05) is 11.8 Å². The van der Waals surface area contributed by atoms with E-state index in [1.54, 1.807) is 11.8 Å². The summed E-state index contributed by atoms with van der Waals surface area (Å²) in [7, 11) is 0. The third-order valence-corrected chi connectivity index (χ3v) is 2.96. The van der Waals surface area contributed by atoms with E-state index in [1.165, 1.54) is 0 Å². The second-order valence-electron chi connectivity index (χ2n) is 3.70. The number of amides is 2. The van der Waals surface area contributed by atoms with Crippen LogP contribution in [0.1, 0.15) is 26.7 Å². The summed E-state index contributed by atoms with van der Waals surface area (Å²) in [5.74, 6) is 0.254. The second kappa shape index (κ2) is 2.72. The number of carbonyl (C=O) groups is 2. The van der Waals surface area contributed by atoms with Crippen LogP contribution in [0.2, 0.25) is 0 Å². The van der Waals surface area contributed by atoms with Crippen molar-refractivity contribution in [1.29, 1.82) is 0 Å². The molecule has 3 heterocycles. The average Bonchev–Trinajstić information content (AvgIpc) is 2.60. The molecule has 4 nitrogen and oxygen atoms in total. The first-order valence-electron chi connectivity index (χ1n) is 4.73. The van der Waals surface area contributed by atoms with Gasteiger partial charge in [0.2, 0.25) is 11.8 Å². The van der Waals surface area contributed by atoms with Crippen LogP contribution in [-0.2, 0) is 9.59 Å². The molecule has 3 aliphatic heterocycles. The van der Waals surface area contributed by atoms with Crippen molar-refractivity contribution in [3.05, 3.63) is 0 Å². The van der Waals surface area contributed by atoms with Crippen LogP contribution in [0, 0.1) is 0 Å². The van der Waals surface area contributed by atoms with E-state index in [4.69, 9.17) is 0 Å². The Morgan fingerprint density at radius 1 is 1.46 bits per heavy atom. The molecule has 3 fully saturated rings. The maximum absolute atomic E-state index is 11.4. The van der Waals surface area contributed by atoms with Crippen LogP contribution in [0.5, 0.6) is 0 Å². The van der Waals surface area contributed by atoms with Gasteiger partial charge in [-0.3, -0.25) is 9.59 Å². The van der Waals surface area contributed by atoms with Gasteiger partial charge >= 0.3 is 0 Å². The van der Waals surface area contributed by atoms with Gasteiger partial charge in [0.05, 0.1) is 6.04 Å². The van der Waals surface area contributed by atoms with E-state index < -0.39 is 0 Å². The fourth-order valence-corrected chi connectivity index (χ4v) is 2.26. The van der Waals surface area contributed by atoms with Crippen LogP contribution in [-0.4, -0.2) is 40.4 Å². The molecular weight excluding hydrogens is 168 g/mol. The number of rotatable bonds is 1. The van der Waals surface area contributed by atoms with E-state index in [0.717, 1.165) is 13.0 Å². The Kier molecular flexibility index (Phi) is 1.78. The molecule has 2 atom stereocenters. The van der Waals surface area contributed by atoms with E-state index in [9.17, 15) is 9.59 Å². The fourth-order valence-electron chi connectivity index (χ4n) is 2.26. The van der Waals surface area contributed by atoms with Crippen LogP contribution in [0.15, 0.2) is 0 Å². The lowest BCUT2D eigenvalue weighted by Gasteiger charge is -2.40. The minimum absolute atomic E-state index is 0.0787. The highest BCUT2D eigenvalue weighted by molar-refractivity contribution is 5.81. The minimum Gasteiger partial charge on any atom is -0.320 e. The number of hydrogen-bond donors (Lipinski definition) is 0. The van der Waals surface area contributed by atoms with E-state index in [-0.39, 0.29) is 18.0 Å². The molecule has 3 aliphatic rings. The highest BCUT2D eigenvalue weighted by Crippen LogP contribution is 2.37. The molecule has 0 aromatic carbocycles. The lowest BCUT2D eigenvalue weighted by atomic mass is 10.0. The number of hydrogen-bond acceptors (Lipinski definition) is 2. The van der Waals surface area contributed by atoms with Gasteiger partial charge in [0.25, 0.3) is 0 Å². The second-order valence-corrected chi connectivity index (χ2v) is 3.70. The van der Waals surface area contributed by atoms with Crippen LogP contribution in [0.3, 0.4) is 0 Å². The Bertz CT molecular complexity index is 264. The zero-order valence-corrected chi connectivity index (χ0v) is 7.99. The molecule has 0 saturated carbocycles. The maximum Gasteiger partial charge on any atom is 0.224 e. The number of carbonyl (C=O) groups excluding carboxylic acids is 2. The zero-order chi connectivity index (χ0) is 9.59. The predicted octanol–water partition coefficient (Wildman–Crippen LogP) is 0.185.